The molecule has 1 heteroatoms. The number of rotatable bonds is 2. The number of allylic oxidation sites excluding steroid dienone is 2. The van der Waals surface area contributed by atoms with Crippen molar-refractivity contribution in [3.63, 3.8) is 0 Å². The van der Waals surface area contributed by atoms with Gasteiger partial charge in [-0.05, 0) is 24.2 Å². The molecule has 0 radical (unpaired) electrons. The van der Waals surface area contributed by atoms with Gasteiger partial charge in [-0.25, -0.2) is 0 Å². The Morgan fingerprint density at radius 2 is 1.55 bits per heavy atom. The predicted octanol–water partition coefficient (Wildman–Crippen LogP) is 4.49. The van der Waals surface area contributed by atoms with Crippen LogP contribution < -0.4 is 0 Å². The van der Waals surface area contributed by atoms with Crippen molar-refractivity contribution in [2.45, 2.75) is 34.6 Å². The van der Waals surface area contributed by atoms with Crippen molar-refractivity contribution in [2.24, 2.45) is 0 Å². The Bertz CT molecular complexity index is 82.9. The molecule has 0 aliphatic carbocycles. The Labute approximate surface area is 76.8 Å². The second-order valence-corrected chi connectivity index (χ2v) is 2.01. The molecule has 0 aromatic carbocycles. The van der Waals surface area contributed by atoms with Crippen LogP contribution >= 0.6 is 11.8 Å². The summed E-state index contributed by atoms with van der Waals surface area (Å²) in [6.07, 6.45) is 3.88. The highest BCUT2D eigenvalue weighted by molar-refractivity contribution is 8.01. The fourth-order valence-electron chi connectivity index (χ4n) is 0.234. The third kappa shape index (κ3) is 25.8. The Morgan fingerprint density at radius 3 is 1.64 bits per heavy atom. The molecule has 0 nitrogen and oxygen atoms in total. The van der Waals surface area contributed by atoms with Gasteiger partial charge in [0.05, 0.1) is 0 Å². The summed E-state index contributed by atoms with van der Waals surface area (Å²) in [6, 6.07) is 0. The highest BCUT2D eigenvalue weighted by Gasteiger charge is 1.72. The minimum atomic E-state index is 1.23. The lowest BCUT2D eigenvalue weighted by Crippen LogP contribution is -1.58. The highest BCUT2D eigenvalue weighted by atomic mass is 32.2. The summed E-state index contributed by atoms with van der Waals surface area (Å²) in [4.78, 5) is 0. The zero-order chi connectivity index (χ0) is 9.70. The van der Waals surface area contributed by atoms with E-state index < -0.39 is 0 Å². The van der Waals surface area contributed by atoms with Gasteiger partial charge in [-0.15, -0.1) is 11.8 Å². The molecule has 0 saturated carbocycles. The van der Waals surface area contributed by atoms with E-state index in [-0.39, 0.29) is 0 Å². The van der Waals surface area contributed by atoms with Crippen molar-refractivity contribution < 1.29 is 0 Å². The SMILES string of the molecule is C=C/C(C)=C\SC.CC.CC. The zero-order valence-electron chi connectivity index (χ0n) is 8.77. The van der Waals surface area contributed by atoms with Gasteiger partial charge in [0.1, 0.15) is 0 Å². The van der Waals surface area contributed by atoms with E-state index >= 15 is 0 Å². The van der Waals surface area contributed by atoms with E-state index in [0.717, 1.165) is 0 Å². The fraction of sp³-hybridized carbons (Fsp3) is 0.600. The first-order chi connectivity index (χ1) is 5.31. The van der Waals surface area contributed by atoms with Crippen molar-refractivity contribution in [3.05, 3.63) is 23.6 Å². The lowest BCUT2D eigenvalue weighted by Gasteiger charge is -1.83. The topological polar surface area (TPSA) is 0 Å². The van der Waals surface area contributed by atoms with Crippen molar-refractivity contribution in [1.29, 1.82) is 0 Å². The Hall–Kier alpha value is -0.170. The van der Waals surface area contributed by atoms with Gasteiger partial charge < -0.3 is 0 Å². The molecule has 68 valence electrons. The van der Waals surface area contributed by atoms with Gasteiger partial charge in [0.25, 0.3) is 0 Å². The van der Waals surface area contributed by atoms with Crippen LogP contribution in [0.4, 0.5) is 0 Å². The van der Waals surface area contributed by atoms with Gasteiger partial charge in [0.15, 0.2) is 0 Å². The molecule has 0 heterocycles. The summed E-state index contributed by atoms with van der Waals surface area (Å²) in [5, 5.41) is 2.06. The Morgan fingerprint density at radius 1 is 1.18 bits per heavy atom. The van der Waals surface area contributed by atoms with E-state index in [2.05, 4.69) is 12.0 Å². The summed E-state index contributed by atoms with van der Waals surface area (Å²) < 4.78 is 0. The Balaban J connectivity index is -0.000000138. The van der Waals surface area contributed by atoms with Crippen LogP contribution in [0.3, 0.4) is 0 Å². The summed E-state index contributed by atoms with van der Waals surface area (Å²) in [5.41, 5.74) is 1.23. The van der Waals surface area contributed by atoms with Crippen molar-refractivity contribution in [3.8, 4) is 0 Å². The molecule has 0 aliphatic heterocycles. The van der Waals surface area contributed by atoms with E-state index in [9.17, 15) is 0 Å². The molecule has 0 rings (SSSR count). The smallest absolute Gasteiger partial charge is 0.0142 e. The van der Waals surface area contributed by atoms with E-state index in [1.54, 1.807) is 11.8 Å². The molecule has 0 aromatic heterocycles. The van der Waals surface area contributed by atoms with Crippen LogP contribution in [0.25, 0.3) is 0 Å². The first-order valence-corrected chi connectivity index (χ1v) is 5.42. The average Bonchev–Trinajstić information content (AvgIpc) is 2.12. The highest BCUT2D eigenvalue weighted by Crippen LogP contribution is 2.01. The van der Waals surface area contributed by atoms with Gasteiger partial charge >= 0.3 is 0 Å². The van der Waals surface area contributed by atoms with E-state index in [1.165, 1.54) is 5.57 Å². The second-order valence-electron chi connectivity index (χ2n) is 1.30. The molecule has 0 aliphatic rings. The fourth-order valence-corrected chi connectivity index (χ4v) is 0.702. The largest absolute Gasteiger partial charge is 0.137 e. The van der Waals surface area contributed by atoms with Crippen LogP contribution in [-0.2, 0) is 0 Å². The predicted molar refractivity (Wildman–Crippen MR) is 60.2 cm³/mol. The maximum absolute atomic E-state index is 3.60. The van der Waals surface area contributed by atoms with Crippen LogP contribution in [0.1, 0.15) is 34.6 Å². The summed E-state index contributed by atoms with van der Waals surface area (Å²) >= 11 is 1.70. The molecule has 11 heavy (non-hydrogen) atoms. The van der Waals surface area contributed by atoms with Crippen molar-refractivity contribution >= 4 is 11.8 Å². The standard InChI is InChI=1S/C6H10S.2C2H6/c1-4-6(2)5-7-3;2*1-2/h4-5H,1H2,2-3H3;2*1-2H3/b6-5-;;. The molecule has 0 amide bonds. The molecule has 0 aromatic rings. The molecular weight excluding hydrogens is 152 g/mol. The third-order valence-corrected chi connectivity index (χ3v) is 1.23. The van der Waals surface area contributed by atoms with Gasteiger partial charge in [-0.1, -0.05) is 40.3 Å². The van der Waals surface area contributed by atoms with Gasteiger partial charge in [0, 0.05) is 0 Å². The molecule has 0 bridgehead atoms. The molecule has 0 unspecified atom stereocenters. The quantitative estimate of drug-likeness (QED) is 0.556. The lowest BCUT2D eigenvalue weighted by molar-refractivity contribution is 1.50. The van der Waals surface area contributed by atoms with Gasteiger partial charge in [-0.3, -0.25) is 0 Å². The third-order valence-electron chi connectivity index (χ3n) is 0.626. The lowest BCUT2D eigenvalue weighted by atomic mass is 10.4. The van der Waals surface area contributed by atoms with E-state index in [0.29, 0.717) is 0 Å². The van der Waals surface area contributed by atoms with Crippen molar-refractivity contribution in [2.75, 3.05) is 6.26 Å². The maximum Gasteiger partial charge on any atom is -0.0142 e. The van der Waals surface area contributed by atoms with E-state index in [1.807, 2.05) is 47.0 Å². The van der Waals surface area contributed by atoms with Crippen molar-refractivity contribution in [1.82, 2.24) is 0 Å². The molecule has 0 N–H and O–H groups in total. The van der Waals surface area contributed by atoms with Crippen LogP contribution in [0.15, 0.2) is 23.6 Å². The zero-order valence-corrected chi connectivity index (χ0v) is 9.59. The number of hydrogen-bond acceptors (Lipinski definition) is 1. The number of thioether (sulfide) groups is 1. The normalized spacial score (nSPS) is 8.36. The molecule has 0 fully saturated rings. The number of hydrogen-bond donors (Lipinski definition) is 0. The maximum atomic E-state index is 3.60. The van der Waals surface area contributed by atoms with Crippen LogP contribution in [0.2, 0.25) is 0 Å². The average molecular weight is 174 g/mol. The Kier molecular flexibility index (Phi) is 35.0. The summed E-state index contributed by atoms with van der Waals surface area (Å²) in [6.45, 7) is 13.6. The molecular formula is C10H22S. The molecule has 0 atom stereocenters. The van der Waals surface area contributed by atoms with Crippen LogP contribution in [0, 0.1) is 0 Å². The van der Waals surface area contributed by atoms with Gasteiger partial charge in [0.2, 0.25) is 0 Å². The van der Waals surface area contributed by atoms with Gasteiger partial charge in [-0.2, -0.15) is 0 Å². The monoisotopic (exact) mass is 174 g/mol. The minimum Gasteiger partial charge on any atom is -0.137 e. The van der Waals surface area contributed by atoms with Crippen LogP contribution in [0.5, 0.6) is 0 Å². The second kappa shape index (κ2) is 22.5. The minimum absolute atomic E-state index is 1.23. The van der Waals surface area contributed by atoms with Crippen LogP contribution in [-0.4, -0.2) is 6.26 Å². The first kappa shape index (κ1) is 17.1. The summed E-state index contributed by atoms with van der Waals surface area (Å²) in [5.74, 6) is 0. The molecule has 0 saturated heterocycles. The van der Waals surface area contributed by atoms with E-state index in [4.69, 9.17) is 0 Å². The summed E-state index contributed by atoms with van der Waals surface area (Å²) in [7, 11) is 0. The first-order valence-electron chi connectivity index (χ1n) is 4.13. The molecule has 0 spiro atoms.